The first-order chi connectivity index (χ1) is 17.0. The Bertz CT molecular complexity index is 1360. The van der Waals surface area contributed by atoms with Crippen molar-refractivity contribution in [1.29, 1.82) is 5.41 Å². The smallest absolute Gasteiger partial charge is 0.161 e. The number of carbonyl (C=O) groups is 1. The molecule has 1 heterocycles. The van der Waals surface area contributed by atoms with Crippen LogP contribution in [0.5, 0.6) is 0 Å². The number of anilines is 1. The molecule has 35 heavy (non-hydrogen) atoms. The van der Waals surface area contributed by atoms with Crippen LogP contribution in [0.4, 0.5) is 5.69 Å². The van der Waals surface area contributed by atoms with Gasteiger partial charge in [-0.3, -0.25) is 15.1 Å². The summed E-state index contributed by atoms with van der Waals surface area (Å²) in [5.74, 6) is -0.313. The zero-order valence-electron chi connectivity index (χ0n) is 19.3. The highest BCUT2D eigenvalue weighted by Gasteiger charge is 2.43. The highest BCUT2D eigenvalue weighted by Crippen LogP contribution is 2.48. The summed E-state index contributed by atoms with van der Waals surface area (Å²) >= 11 is 7.97. The topological polar surface area (TPSA) is 64.4 Å². The largest absolute Gasteiger partial charge is 0.507 e. The van der Waals surface area contributed by atoms with Crippen LogP contribution < -0.4 is 4.90 Å². The van der Waals surface area contributed by atoms with E-state index in [-0.39, 0.29) is 17.4 Å². The van der Waals surface area contributed by atoms with E-state index in [1.807, 2.05) is 73.0 Å². The van der Waals surface area contributed by atoms with Crippen LogP contribution >= 0.6 is 23.4 Å². The molecular formula is C29H25ClN2O2S. The van der Waals surface area contributed by atoms with Gasteiger partial charge in [0.25, 0.3) is 0 Å². The third kappa shape index (κ3) is 4.30. The van der Waals surface area contributed by atoms with Gasteiger partial charge in [0.15, 0.2) is 5.78 Å². The molecule has 0 fully saturated rings. The first-order valence-corrected chi connectivity index (χ1v) is 13.1. The van der Waals surface area contributed by atoms with Crippen LogP contribution in [0.1, 0.15) is 36.3 Å². The lowest BCUT2D eigenvalue weighted by Crippen LogP contribution is -2.42. The molecule has 6 heteroatoms. The predicted octanol–water partition coefficient (Wildman–Crippen LogP) is 7.62. The van der Waals surface area contributed by atoms with E-state index < -0.39 is 5.92 Å². The molecule has 1 atom stereocenters. The molecule has 0 aromatic heterocycles. The van der Waals surface area contributed by atoms with Gasteiger partial charge in [-0.05, 0) is 55.0 Å². The first kappa shape index (κ1) is 23.5. The van der Waals surface area contributed by atoms with Gasteiger partial charge in [0, 0.05) is 50.4 Å². The minimum absolute atomic E-state index is 0.00601. The van der Waals surface area contributed by atoms with Gasteiger partial charge >= 0.3 is 0 Å². The normalized spacial score (nSPS) is 19.6. The molecule has 0 spiro atoms. The number of amidine groups is 1. The number of hydrogen-bond donors (Lipinski definition) is 2. The van der Waals surface area contributed by atoms with Gasteiger partial charge in [-0.25, -0.2) is 0 Å². The van der Waals surface area contributed by atoms with Crippen LogP contribution in [-0.4, -0.2) is 23.0 Å². The number of Topliss-reactive ketones (excluding diaryl/α,β-unsaturated/α-hetero) is 1. The number of nitrogens with zero attached hydrogens (tertiary/aromatic N) is 1. The number of aliphatic hydroxyl groups excluding tert-OH is 1. The van der Waals surface area contributed by atoms with Crippen LogP contribution in [0.2, 0.25) is 5.02 Å². The standard InChI is InChI=1S/C29H25ClN2O2S/c1-35-22-15-13-18(14-16-22)25-26-23(11-6-12-24(26)33)32(21-10-5-9-20(30)17-21)29(31)27(25)28(34)19-7-3-2-4-8-19/h2-5,7-10,13-17,25,31,34H,6,11-12H2,1H3/b28-27+,31-29?. The lowest BCUT2D eigenvalue weighted by Gasteiger charge is -2.41. The van der Waals surface area contributed by atoms with Crippen molar-refractivity contribution in [2.75, 3.05) is 11.2 Å². The Labute approximate surface area is 214 Å². The summed E-state index contributed by atoms with van der Waals surface area (Å²) in [5.41, 5.74) is 4.09. The molecule has 176 valence electrons. The maximum atomic E-state index is 13.5. The van der Waals surface area contributed by atoms with Gasteiger partial charge in [-0.1, -0.05) is 60.1 Å². The Morgan fingerprint density at radius 3 is 2.46 bits per heavy atom. The number of allylic oxidation sites excluding steroid dienone is 2. The average Bonchev–Trinajstić information content (AvgIpc) is 2.88. The zero-order chi connectivity index (χ0) is 24.5. The molecule has 0 saturated heterocycles. The van der Waals surface area contributed by atoms with Crippen LogP contribution in [-0.2, 0) is 4.79 Å². The minimum atomic E-state index is -0.531. The molecule has 1 aliphatic heterocycles. The van der Waals surface area contributed by atoms with Crippen molar-refractivity contribution in [3.8, 4) is 0 Å². The Kier molecular flexibility index (Phi) is 6.54. The molecule has 2 aliphatic rings. The lowest BCUT2D eigenvalue weighted by molar-refractivity contribution is -0.116. The number of rotatable bonds is 4. The van der Waals surface area contributed by atoms with E-state index >= 15 is 0 Å². The summed E-state index contributed by atoms with van der Waals surface area (Å²) in [7, 11) is 0. The quantitative estimate of drug-likeness (QED) is 0.285. The zero-order valence-corrected chi connectivity index (χ0v) is 20.9. The number of aliphatic hydroxyl groups is 1. The molecule has 4 nitrogen and oxygen atoms in total. The van der Waals surface area contributed by atoms with Crippen molar-refractivity contribution in [2.45, 2.75) is 30.1 Å². The monoisotopic (exact) mass is 500 g/mol. The highest BCUT2D eigenvalue weighted by molar-refractivity contribution is 7.98. The SMILES string of the molecule is CSc1ccc(C2C3=C(CCCC3=O)N(c3cccc(Cl)c3)C(=N)/C2=C(/O)c2ccccc2)cc1. The fraction of sp³-hybridized carbons (Fsp3) is 0.172. The molecule has 0 bridgehead atoms. The molecule has 3 aromatic carbocycles. The Hall–Kier alpha value is -3.28. The second kappa shape index (κ2) is 9.76. The van der Waals surface area contributed by atoms with Gasteiger partial charge in [0.05, 0.1) is 0 Å². The van der Waals surface area contributed by atoms with Gasteiger partial charge < -0.3 is 5.11 Å². The molecule has 1 unspecified atom stereocenters. The van der Waals surface area contributed by atoms with Crippen LogP contribution in [0.3, 0.4) is 0 Å². The molecule has 0 radical (unpaired) electrons. The van der Waals surface area contributed by atoms with Crippen LogP contribution in [0.15, 0.2) is 101 Å². The molecule has 0 saturated carbocycles. The Morgan fingerprint density at radius 2 is 1.77 bits per heavy atom. The van der Waals surface area contributed by atoms with Crippen molar-refractivity contribution >= 4 is 46.4 Å². The third-order valence-corrected chi connectivity index (χ3v) is 7.55. The fourth-order valence-electron chi connectivity index (χ4n) is 4.97. The molecule has 5 rings (SSSR count). The summed E-state index contributed by atoms with van der Waals surface area (Å²) in [6, 6.07) is 24.6. The van der Waals surface area contributed by atoms with Crippen LogP contribution in [0, 0.1) is 5.41 Å². The van der Waals surface area contributed by atoms with E-state index in [0.29, 0.717) is 40.3 Å². The molecule has 2 N–H and O–H groups in total. The van der Waals surface area contributed by atoms with Gasteiger partial charge in [0.2, 0.25) is 0 Å². The molecule has 1 aliphatic carbocycles. The minimum Gasteiger partial charge on any atom is -0.507 e. The van der Waals surface area contributed by atoms with E-state index in [1.165, 1.54) is 0 Å². The maximum Gasteiger partial charge on any atom is 0.161 e. The summed E-state index contributed by atoms with van der Waals surface area (Å²) in [5, 5.41) is 21.5. The van der Waals surface area contributed by atoms with Gasteiger partial charge in [-0.15, -0.1) is 11.8 Å². The second-order valence-corrected chi connectivity index (χ2v) is 9.95. The first-order valence-electron chi connectivity index (χ1n) is 11.5. The molecule has 0 amide bonds. The lowest BCUT2D eigenvalue weighted by atomic mass is 9.73. The number of thioether (sulfide) groups is 1. The summed E-state index contributed by atoms with van der Waals surface area (Å²) in [4.78, 5) is 16.4. The van der Waals surface area contributed by atoms with E-state index in [1.54, 1.807) is 28.8 Å². The second-order valence-electron chi connectivity index (χ2n) is 8.64. The fourth-order valence-corrected chi connectivity index (χ4v) is 5.57. The number of ketones is 1. The number of hydrogen-bond acceptors (Lipinski definition) is 4. The molecule has 3 aromatic rings. The van der Waals surface area contributed by atoms with Gasteiger partial charge in [-0.2, -0.15) is 0 Å². The number of halogens is 1. The predicted molar refractivity (Wildman–Crippen MR) is 144 cm³/mol. The van der Waals surface area contributed by atoms with E-state index in [2.05, 4.69) is 0 Å². The van der Waals surface area contributed by atoms with Crippen molar-refractivity contribution < 1.29 is 9.90 Å². The highest BCUT2D eigenvalue weighted by atomic mass is 35.5. The average molecular weight is 501 g/mol. The van der Waals surface area contributed by atoms with Crippen molar-refractivity contribution in [3.63, 3.8) is 0 Å². The van der Waals surface area contributed by atoms with E-state index in [9.17, 15) is 15.3 Å². The summed E-state index contributed by atoms with van der Waals surface area (Å²) < 4.78 is 0. The Morgan fingerprint density at radius 1 is 1.03 bits per heavy atom. The summed E-state index contributed by atoms with van der Waals surface area (Å²) in [6.07, 6.45) is 3.87. The number of benzene rings is 3. The van der Waals surface area contributed by atoms with Gasteiger partial charge in [0.1, 0.15) is 11.6 Å². The summed E-state index contributed by atoms with van der Waals surface area (Å²) in [6.45, 7) is 0. The molecular weight excluding hydrogens is 476 g/mol. The van der Waals surface area contributed by atoms with Crippen molar-refractivity contribution in [3.05, 3.63) is 112 Å². The Balaban J connectivity index is 1.82. The number of carbonyl (C=O) groups excluding carboxylic acids is 1. The van der Waals surface area contributed by atoms with Crippen molar-refractivity contribution in [2.24, 2.45) is 0 Å². The van der Waals surface area contributed by atoms with E-state index in [4.69, 9.17) is 11.6 Å². The number of nitrogens with one attached hydrogen (secondary N) is 1. The van der Waals surface area contributed by atoms with Crippen molar-refractivity contribution in [1.82, 2.24) is 0 Å². The van der Waals surface area contributed by atoms with Crippen LogP contribution in [0.25, 0.3) is 5.76 Å². The third-order valence-electron chi connectivity index (χ3n) is 6.57. The van der Waals surface area contributed by atoms with E-state index in [0.717, 1.165) is 22.6 Å². The maximum absolute atomic E-state index is 13.5.